The van der Waals surface area contributed by atoms with E-state index >= 15 is 0 Å². The number of hydrogen-bond acceptors (Lipinski definition) is 4. The number of benzene rings is 2. The zero-order chi connectivity index (χ0) is 17.1. The van der Waals surface area contributed by atoms with Gasteiger partial charge >= 0.3 is 5.97 Å². The number of amides is 1. The first kappa shape index (κ1) is 15.8. The summed E-state index contributed by atoms with van der Waals surface area (Å²) in [5.74, 6) is 0.0342. The molecule has 0 atom stereocenters. The Kier molecular flexibility index (Phi) is 4.33. The van der Waals surface area contributed by atoms with E-state index in [0.29, 0.717) is 11.3 Å². The van der Waals surface area contributed by atoms with E-state index in [2.05, 4.69) is 6.58 Å². The lowest BCUT2D eigenvalue weighted by atomic mass is 10.1. The van der Waals surface area contributed by atoms with Gasteiger partial charge in [-0.3, -0.25) is 14.5 Å². The number of carbonyl (C=O) groups excluding carboxylic acids is 2. The monoisotopic (exact) mass is 323 g/mol. The van der Waals surface area contributed by atoms with E-state index in [1.807, 2.05) is 24.3 Å². The Hall–Kier alpha value is -3.08. The largest absolute Gasteiger partial charge is 0.497 e. The second kappa shape index (κ2) is 6.58. The zero-order valence-electron chi connectivity index (χ0n) is 13.3. The molecule has 0 aromatic heterocycles. The summed E-state index contributed by atoms with van der Waals surface area (Å²) < 4.78 is 10.3. The minimum Gasteiger partial charge on any atom is -0.497 e. The molecule has 0 radical (unpaired) electrons. The van der Waals surface area contributed by atoms with Gasteiger partial charge < -0.3 is 9.47 Å². The van der Waals surface area contributed by atoms with Crippen molar-refractivity contribution in [3.05, 3.63) is 71.8 Å². The van der Waals surface area contributed by atoms with Crippen molar-refractivity contribution in [1.29, 1.82) is 0 Å². The molecule has 24 heavy (non-hydrogen) atoms. The van der Waals surface area contributed by atoms with Crippen molar-refractivity contribution in [2.45, 2.75) is 6.61 Å². The van der Waals surface area contributed by atoms with Crippen molar-refractivity contribution in [1.82, 2.24) is 4.90 Å². The molecule has 1 amide bonds. The SMILES string of the molecule is C=C1c2ccccc2C(=O)N1CC(=O)OCc1ccc(OC)cc1. The van der Waals surface area contributed by atoms with Gasteiger partial charge in [0.1, 0.15) is 18.9 Å². The van der Waals surface area contributed by atoms with E-state index in [1.165, 1.54) is 4.90 Å². The molecule has 0 unspecified atom stereocenters. The predicted octanol–water partition coefficient (Wildman–Crippen LogP) is 2.87. The lowest BCUT2D eigenvalue weighted by molar-refractivity contribution is -0.145. The Morgan fingerprint density at radius 3 is 2.38 bits per heavy atom. The van der Waals surface area contributed by atoms with Gasteiger partial charge in [-0.2, -0.15) is 0 Å². The predicted molar refractivity (Wildman–Crippen MR) is 89.3 cm³/mol. The minimum absolute atomic E-state index is 0.143. The summed E-state index contributed by atoms with van der Waals surface area (Å²) in [5, 5.41) is 0. The van der Waals surface area contributed by atoms with Crippen LogP contribution in [0.4, 0.5) is 0 Å². The molecule has 0 saturated heterocycles. The molecule has 1 heterocycles. The van der Waals surface area contributed by atoms with Gasteiger partial charge in [0, 0.05) is 16.8 Å². The van der Waals surface area contributed by atoms with E-state index < -0.39 is 5.97 Å². The minimum atomic E-state index is -0.479. The molecule has 1 aliphatic heterocycles. The van der Waals surface area contributed by atoms with Crippen LogP contribution < -0.4 is 4.74 Å². The summed E-state index contributed by atoms with van der Waals surface area (Å²) in [4.78, 5) is 25.7. The Morgan fingerprint density at radius 2 is 1.75 bits per heavy atom. The number of esters is 1. The Bertz CT molecular complexity index is 760. The van der Waals surface area contributed by atoms with E-state index in [4.69, 9.17) is 9.47 Å². The molecule has 0 bridgehead atoms. The first-order chi connectivity index (χ1) is 11.6. The molecule has 2 aromatic carbocycles. The van der Waals surface area contributed by atoms with Gasteiger partial charge in [-0.1, -0.05) is 36.9 Å². The topological polar surface area (TPSA) is 55.8 Å². The molecule has 1 aliphatic rings. The number of fused-ring (bicyclic) bond motifs is 1. The molecule has 5 heteroatoms. The second-order valence-electron chi connectivity index (χ2n) is 5.39. The lowest BCUT2D eigenvalue weighted by Gasteiger charge is -2.16. The first-order valence-corrected chi connectivity index (χ1v) is 7.49. The average Bonchev–Trinajstić information content (AvgIpc) is 2.86. The van der Waals surface area contributed by atoms with Gasteiger partial charge in [-0.15, -0.1) is 0 Å². The van der Waals surface area contributed by atoms with Crippen LogP contribution in [0.25, 0.3) is 5.70 Å². The van der Waals surface area contributed by atoms with Crippen molar-refractivity contribution >= 4 is 17.6 Å². The number of carbonyl (C=O) groups is 2. The van der Waals surface area contributed by atoms with E-state index in [0.717, 1.165) is 16.9 Å². The Balaban J connectivity index is 1.59. The van der Waals surface area contributed by atoms with Crippen LogP contribution >= 0.6 is 0 Å². The normalized spacial score (nSPS) is 13.0. The van der Waals surface area contributed by atoms with Crippen LogP contribution in [0.3, 0.4) is 0 Å². The van der Waals surface area contributed by atoms with Crippen LogP contribution in [-0.2, 0) is 16.1 Å². The van der Waals surface area contributed by atoms with Crippen LogP contribution in [0.1, 0.15) is 21.5 Å². The molecular weight excluding hydrogens is 306 g/mol. The van der Waals surface area contributed by atoms with Gasteiger partial charge in [0.25, 0.3) is 5.91 Å². The van der Waals surface area contributed by atoms with E-state index in [1.54, 1.807) is 31.4 Å². The van der Waals surface area contributed by atoms with Gasteiger partial charge in [-0.05, 0) is 23.8 Å². The molecule has 3 rings (SSSR count). The average molecular weight is 323 g/mol. The third-order valence-electron chi connectivity index (χ3n) is 3.89. The smallest absolute Gasteiger partial charge is 0.326 e. The summed E-state index contributed by atoms with van der Waals surface area (Å²) in [7, 11) is 1.59. The highest BCUT2D eigenvalue weighted by Crippen LogP contribution is 2.30. The molecule has 122 valence electrons. The van der Waals surface area contributed by atoms with Crippen molar-refractivity contribution in [2.24, 2.45) is 0 Å². The fourth-order valence-electron chi connectivity index (χ4n) is 2.56. The fourth-order valence-corrected chi connectivity index (χ4v) is 2.56. The van der Waals surface area contributed by atoms with E-state index in [9.17, 15) is 9.59 Å². The van der Waals surface area contributed by atoms with Gasteiger partial charge in [0.05, 0.1) is 7.11 Å². The molecule has 0 saturated carbocycles. The van der Waals surface area contributed by atoms with Gasteiger partial charge in [0.2, 0.25) is 0 Å². The van der Waals surface area contributed by atoms with Crippen LogP contribution in [0.2, 0.25) is 0 Å². The highest BCUT2D eigenvalue weighted by Gasteiger charge is 2.32. The highest BCUT2D eigenvalue weighted by molar-refractivity contribution is 6.10. The summed E-state index contributed by atoms with van der Waals surface area (Å²) in [6.07, 6.45) is 0. The van der Waals surface area contributed by atoms with Crippen molar-refractivity contribution in [3.63, 3.8) is 0 Å². The Labute approximate surface area is 140 Å². The van der Waals surface area contributed by atoms with Crippen molar-refractivity contribution in [3.8, 4) is 5.75 Å². The third-order valence-corrected chi connectivity index (χ3v) is 3.89. The number of nitrogens with zero attached hydrogens (tertiary/aromatic N) is 1. The zero-order valence-corrected chi connectivity index (χ0v) is 13.3. The Morgan fingerprint density at radius 1 is 1.08 bits per heavy atom. The number of ether oxygens (including phenoxy) is 2. The quantitative estimate of drug-likeness (QED) is 0.794. The summed E-state index contributed by atoms with van der Waals surface area (Å²) in [5.41, 5.74) is 2.69. The maximum absolute atomic E-state index is 12.3. The van der Waals surface area contributed by atoms with Crippen LogP contribution in [0, 0.1) is 0 Å². The first-order valence-electron chi connectivity index (χ1n) is 7.49. The van der Waals surface area contributed by atoms with Crippen LogP contribution in [0.5, 0.6) is 5.75 Å². The standard InChI is InChI=1S/C19H17NO4/c1-13-16-5-3-4-6-17(16)19(22)20(13)11-18(21)24-12-14-7-9-15(23-2)10-8-14/h3-10H,1,11-12H2,2H3. The maximum Gasteiger partial charge on any atom is 0.326 e. The second-order valence-corrected chi connectivity index (χ2v) is 5.39. The van der Waals surface area contributed by atoms with Gasteiger partial charge in [-0.25, -0.2) is 0 Å². The molecule has 0 fully saturated rings. The summed E-state index contributed by atoms with van der Waals surface area (Å²) in [6, 6.07) is 14.4. The molecule has 2 aromatic rings. The summed E-state index contributed by atoms with van der Waals surface area (Å²) in [6.45, 7) is 3.89. The van der Waals surface area contributed by atoms with Crippen molar-refractivity contribution in [2.75, 3.05) is 13.7 Å². The molecule has 5 nitrogen and oxygen atoms in total. The third kappa shape index (κ3) is 3.01. The molecule has 0 spiro atoms. The lowest BCUT2D eigenvalue weighted by Crippen LogP contribution is -2.30. The summed E-state index contributed by atoms with van der Waals surface area (Å²) >= 11 is 0. The van der Waals surface area contributed by atoms with Gasteiger partial charge in [0.15, 0.2) is 0 Å². The number of methoxy groups -OCH3 is 1. The van der Waals surface area contributed by atoms with Crippen LogP contribution in [0.15, 0.2) is 55.1 Å². The van der Waals surface area contributed by atoms with Crippen molar-refractivity contribution < 1.29 is 19.1 Å². The maximum atomic E-state index is 12.3. The molecular formula is C19H17NO4. The highest BCUT2D eigenvalue weighted by atomic mass is 16.5. The molecule has 0 aliphatic carbocycles. The number of hydrogen-bond donors (Lipinski definition) is 0. The molecule has 0 N–H and O–H groups in total. The van der Waals surface area contributed by atoms with Crippen LogP contribution in [-0.4, -0.2) is 30.4 Å². The number of rotatable bonds is 5. The van der Waals surface area contributed by atoms with E-state index in [-0.39, 0.29) is 19.1 Å². The fraction of sp³-hybridized carbons (Fsp3) is 0.158.